The Balaban J connectivity index is 1.92. The van der Waals surface area contributed by atoms with Crippen molar-refractivity contribution in [2.45, 2.75) is 23.7 Å². The molecule has 0 amide bonds. The number of carbonyl (C=O) groups is 1. The average Bonchev–Trinajstić information content (AvgIpc) is 2.69. The molecular formula is C20H22ClNO5S. The molecule has 0 radical (unpaired) electrons. The van der Waals surface area contributed by atoms with Crippen LogP contribution in [0, 0.1) is 0 Å². The molecule has 150 valence electrons. The molecule has 1 atom stereocenters. The first-order chi connectivity index (χ1) is 13.3. The van der Waals surface area contributed by atoms with Gasteiger partial charge >= 0.3 is 0 Å². The van der Waals surface area contributed by atoms with Crippen LogP contribution in [0.1, 0.15) is 24.2 Å². The number of alkyl halides is 1. The molecule has 0 aromatic heterocycles. The lowest BCUT2D eigenvalue weighted by Gasteiger charge is -2.43. The molecule has 0 unspecified atom stereocenters. The van der Waals surface area contributed by atoms with E-state index in [1.54, 1.807) is 44.2 Å². The Morgan fingerprint density at radius 2 is 1.64 bits per heavy atom. The van der Waals surface area contributed by atoms with Crippen molar-refractivity contribution in [1.82, 2.24) is 0 Å². The van der Waals surface area contributed by atoms with Crippen molar-refractivity contribution in [3.8, 4) is 23.0 Å². The monoisotopic (exact) mass is 423 g/mol. The third-order valence-corrected chi connectivity index (χ3v) is 6.69. The Bertz CT molecular complexity index is 879. The van der Waals surface area contributed by atoms with E-state index in [0.717, 1.165) is 11.9 Å². The van der Waals surface area contributed by atoms with Crippen LogP contribution in [0.5, 0.6) is 23.0 Å². The Labute approximate surface area is 173 Å². The molecule has 0 bridgehead atoms. The van der Waals surface area contributed by atoms with Gasteiger partial charge in [-0.1, -0.05) is 23.7 Å². The summed E-state index contributed by atoms with van der Waals surface area (Å²) >= 11 is 7.91. The molecule has 1 aliphatic heterocycles. The highest BCUT2D eigenvalue weighted by molar-refractivity contribution is 8.04. The molecule has 3 rings (SSSR count). The van der Waals surface area contributed by atoms with Crippen molar-refractivity contribution >= 4 is 35.0 Å². The molecule has 1 heterocycles. The van der Waals surface area contributed by atoms with E-state index in [0.29, 0.717) is 34.2 Å². The van der Waals surface area contributed by atoms with Gasteiger partial charge in [0.1, 0.15) is 11.4 Å². The zero-order valence-electron chi connectivity index (χ0n) is 16.3. The number of Topliss-reactive ketones (excluding diaryl/α,β-unsaturated/α-hetero) is 1. The number of nitrogens with one attached hydrogen (secondary N) is 1. The minimum absolute atomic E-state index is 0.217. The van der Waals surface area contributed by atoms with Crippen LogP contribution in [0.4, 0.5) is 5.69 Å². The number of para-hydroxylation sites is 1. The fourth-order valence-electron chi connectivity index (χ4n) is 2.97. The van der Waals surface area contributed by atoms with Crippen LogP contribution in [0.3, 0.4) is 0 Å². The fraction of sp³-hybridized carbons (Fsp3) is 0.350. The van der Waals surface area contributed by atoms with E-state index in [2.05, 4.69) is 4.72 Å². The maximum absolute atomic E-state index is 13.2. The number of methoxy groups -OCH3 is 3. The summed E-state index contributed by atoms with van der Waals surface area (Å²) in [5, 5.41) is 0. The van der Waals surface area contributed by atoms with Crippen LogP contribution in [0.25, 0.3) is 0 Å². The lowest BCUT2D eigenvalue weighted by atomic mass is 9.92. The minimum Gasteiger partial charge on any atom is -0.493 e. The number of halogens is 1. The van der Waals surface area contributed by atoms with Crippen molar-refractivity contribution < 1.29 is 23.7 Å². The number of benzene rings is 2. The van der Waals surface area contributed by atoms with Crippen LogP contribution in [-0.4, -0.2) is 36.9 Å². The molecule has 8 heteroatoms. The first-order valence-electron chi connectivity index (χ1n) is 8.53. The van der Waals surface area contributed by atoms with Crippen molar-refractivity contribution in [3.05, 3.63) is 42.0 Å². The van der Waals surface area contributed by atoms with E-state index in [-0.39, 0.29) is 5.78 Å². The summed E-state index contributed by atoms with van der Waals surface area (Å²) in [4.78, 5) is 13.2. The van der Waals surface area contributed by atoms with Crippen LogP contribution in [-0.2, 0) is 0 Å². The summed E-state index contributed by atoms with van der Waals surface area (Å²) in [6, 6.07) is 10.6. The molecule has 0 spiro atoms. The molecule has 6 nitrogen and oxygen atoms in total. The molecular weight excluding hydrogens is 402 g/mol. The first-order valence-corrected chi connectivity index (χ1v) is 9.72. The topological polar surface area (TPSA) is 66.0 Å². The number of hydrogen-bond acceptors (Lipinski definition) is 7. The number of carbonyl (C=O) groups excluding carboxylic acids is 1. The minimum atomic E-state index is -1.39. The summed E-state index contributed by atoms with van der Waals surface area (Å²) in [7, 11) is 4.61. The zero-order chi connectivity index (χ0) is 20.5. The standard InChI is InChI=1S/C20H22ClNO5S/c1-19(2)20(21,18(23)13-8-6-7-9-14(13)27-19)28-22-12-10-15(24-3)17(26-5)16(11-12)25-4/h6-11,22H,1-5H3/t20-/m1/s1. The second-order valence-electron chi connectivity index (χ2n) is 6.65. The van der Waals surface area contributed by atoms with Gasteiger partial charge in [0, 0.05) is 12.1 Å². The Morgan fingerprint density at radius 3 is 2.21 bits per heavy atom. The van der Waals surface area contributed by atoms with Gasteiger partial charge in [0.05, 0.1) is 32.6 Å². The van der Waals surface area contributed by atoms with Crippen LogP contribution in [0.15, 0.2) is 36.4 Å². The summed E-state index contributed by atoms with van der Waals surface area (Å²) < 4.78 is 23.9. The van der Waals surface area contributed by atoms with Crippen LogP contribution < -0.4 is 23.7 Å². The van der Waals surface area contributed by atoms with Crippen molar-refractivity contribution in [2.75, 3.05) is 26.1 Å². The SMILES string of the molecule is COc1cc(NS[C@]2(Cl)C(=O)c3ccccc3OC2(C)C)cc(OC)c1OC. The number of hydrogen-bond donors (Lipinski definition) is 1. The maximum Gasteiger partial charge on any atom is 0.210 e. The predicted octanol–water partition coefficient (Wildman–Crippen LogP) is 4.76. The van der Waals surface area contributed by atoms with E-state index in [1.165, 1.54) is 21.3 Å². The van der Waals surface area contributed by atoms with Gasteiger partial charge in [-0.25, -0.2) is 0 Å². The van der Waals surface area contributed by atoms with Gasteiger partial charge in [-0.05, 0) is 37.9 Å². The first kappa shape index (κ1) is 20.5. The van der Waals surface area contributed by atoms with Gasteiger partial charge in [-0.15, -0.1) is 0 Å². The Hall–Kier alpha value is -2.25. The largest absolute Gasteiger partial charge is 0.493 e. The zero-order valence-corrected chi connectivity index (χ0v) is 17.9. The normalized spacial score (nSPS) is 20.0. The molecule has 2 aromatic carbocycles. The average molecular weight is 424 g/mol. The summed E-state index contributed by atoms with van der Waals surface area (Å²) in [6.07, 6.45) is 0. The molecule has 1 N–H and O–H groups in total. The summed E-state index contributed by atoms with van der Waals surface area (Å²) in [5.74, 6) is 1.77. The quantitative estimate of drug-likeness (QED) is 0.530. The highest BCUT2D eigenvalue weighted by Gasteiger charge is 2.57. The molecule has 1 aliphatic rings. The van der Waals surface area contributed by atoms with E-state index < -0.39 is 9.81 Å². The van der Waals surface area contributed by atoms with Gasteiger partial charge in [-0.3, -0.25) is 4.79 Å². The summed E-state index contributed by atoms with van der Waals surface area (Å²) in [5.41, 5.74) is 0.135. The van der Waals surface area contributed by atoms with E-state index >= 15 is 0 Å². The van der Waals surface area contributed by atoms with E-state index in [4.69, 9.17) is 30.5 Å². The number of anilines is 1. The smallest absolute Gasteiger partial charge is 0.210 e. The number of fused-ring (bicyclic) bond motifs is 1. The van der Waals surface area contributed by atoms with Gasteiger partial charge in [-0.2, -0.15) is 0 Å². The fourth-order valence-corrected chi connectivity index (χ4v) is 4.09. The molecule has 0 saturated heterocycles. The van der Waals surface area contributed by atoms with E-state index in [9.17, 15) is 4.79 Å². The Morgan fingerprint density at radius 1 is 1.04 bits per heavy atom. The number of ketones is 1. The molecule has 0 fully saturated rings. The third kappa shape index (κ3) is 3.33. The third-order valence-electron chi connectivity index (χ3n) is 4.54. The summed E-state index contributed by atoms with van der Waals surface area (Å²) in [6.45, 7) is 3.58. The van der Waals surface area contributed by atoms with Gasteiger partial charge in [0.25, 0.3) is 0 Å². The molecule has 2 aromatic rings. The van der Waals surface area contributed by atoms with Crippen LogP contribution in [0.2, 0.25) is 0 Å². The van der Waals surface area contributed by atoms with Gasteiger partial charge in [0.2, 0.25) is 15.7 Å². The predicted molar refractivity (Wildman–Crippen MR) is 111 cm³/mol. The second-order valence-corrected chi connectivity index (χ2v) is 8.46. The number of rotatable bonds is 6. The van der Waals surface area contributed by atoms with E-state index in [1.807, 2.05) is 6.07 Å². The molecule has 0 aliphatic carbocycles. The lowest BCUT2D eigenvalue weighted by molar-refractivity contribution is 0.0579. The van der Waals surface area contributed by atoms with Gasteiger partial charge in [0.15, 0.2) is 11.5 Å². The Kier molecular flexibility index (Phi) is 5.59. The van der Waals surface area contributed by atoms with Gasteiger partial charge < -0.3 is 23.7 Å². The molecule has 0 saturated carbocycles. The van der Waals surface area contributed by atoms with Crippen LogP contribution >= 0.6 is 23.5 Å². The molecule has 28 heavy (non-hydrogen) atoms. The number of ether oxygens (including phenoxy) is 4. The van der Waals surface area contributed by atoms with Crippen molar-refractivity contribution in [3.63, 3.8) is 0 Å². The highest BCUT2D eigenvalue weighted by Crippen LogP contribution is 2.50. The van der Waals surface area contributed by atoms with Crippen molar-refractivity contribution in [1.29, 1.82) is 0 Å². The lowest BCUT2D eigenvalue weighted by Crippen LogP contribution is -2.56. The highest BCUT2D eigenvalue weighted by atomic mass is 35.5. The maximum atomic E-state index is 13.2. The van der Waals surface area contributed by atoms with Crippen molar-refractivity contribution in [2.24, 2.45) is 0 Å². The second kappa shape index (κ2) is 7.64.